The minimum absolute atomic E-state index is 0.355. The monoisotopic (exact) mass is 232 g/mol. The second-order valence-corrected chi connectivity index (χ2v) is 4.07. The average Bonchev–Trinajstić information content (AvgIpc) is 2.17. The molecule has 16 heavy (non-hydrogen) atoms. The molecule has 0 saturated heterocycles. The maximum atomic E-state index is 11.5. The Hall–Kier alpha value is -0.650. The highest BCUT2D eigenvalue weighted by molar-refractivity contribution is 5.80. The van der Waals surface area contributed by atoms with E-state index in [1.807, 2.05) is 18.9 Å². The van der Waals surface area contributed by atoms with Crippen LogP contribution in [0.2, 0.25) is 0 Å². The average molecular weight is 232 g/mol. The van der Waals surface area contributed by atoms with E-state index in [0.717, 1.165) is 6.54 Å². The first-order chi connectivity index (χ1) is 7.44. The first kappa shape index (κ1) is 15.3. The van der Waals surface area contributed by atoms with Gasteiger partial charge in [-0.05, 0) is 27.8 Å². The summed E-state index contributed by atoms with van der Waals surface area (Å²) in [6.07, 6.45) is 0. The second-order valence-electron chi connectivity index (χ2n) is 4.07. The van der Waals surface area contributed by atoms with Crippen molar-refractivity contribution in [2.24, 2.45) is 5.73 Å². The summed E-state index contributed by atoms with van der Waals surface area (Å²) in [4.78, 5) is 13.5. The van der Waals surface area contributed by atoms with E-state index in [9.17, 15) is 4.79 Å². The number of rotatable bonds is 8. The van der Waals surface area contributed by atoms with Gasteiger partial charge in [-0.2, -0.15) is 0 Å². The predicted molar refractivity (Wildman–Crippen MR) is 63.2 cm³/mol. The van der Waals surface area contributed by atoms with Crippen molar-refractivity contribution in [1.82, 2.24) is 4.90 Å². The second kappa shape index (κ2) is 7.60. The summed E-state index contributed by atoms with van der Waals surface area (Å²) in [5.41, 5.74) is 4.93. The van der Waals surface area contributed by atoms with Crippen molar-refractivity contribution < 1.29 is 14.3 Å². The van der Waals surface area contributed by atoms with Crippen molar-refractivity contribution in [3.8, 4) is 0 Å². The van der Waals surface area contributed by atoms with Gasteiger partial charge >= 0.3 is 5.97 Å². The molecule has 0 fully saturated rings. The molecular weight excluding hydrogens is 208 g/mol. The molecule has 2 N–H and O–H groups in total. The molecule has 0 bridgehead atoms. The summed E-state index contributed by atoms with van der Waals surface area (Å²) in [6, 6.07) is 0. The topological polar surface area (TPSA) is 64.8 Å². The molecule has 0 aromatic heterocycles. The third kappa shape index (κ3) is 6.05. The number of ether oxygens (including phenoxy) is 2. The Kier molecular flexibility index (Phi) is 7.29. The van der Waals surface area contributed by atoms with Crippen LogP contribution >= 0.6 is 0 Å². The van der Waals surface area contributed by atoms with Crippen molar-refractivity contribution in [2.45, 2.75) is 26.3 Å². The molecule has 1 atom stereocenters. The Labute approximate surface area is 97.9 Å². The van der Waals surface area contributed by atoms with E-state index in [2.05, 4.69) is 0 Å². The molecule has 5 nitrogen and oxygen atoms in total. The third-order valence-corrected chi connectivity index (χ3v) is 2.16. The summed E-state index contributed by atoms with van der Waals surface area (Å²) in [7, 11) is 1.91. The van der Waals surface area contributed by atoms with Gasteiger partial charge in [0.1, 0.15) is 5.54 Å². The molecule has 0 aliphatic heterocycles. The Balaban J connectivity index is 3.98. The molecule has 0 amide bonds. The van der Waals surface area contributed by atoms with E-state index in [1.165, 1.54) is 0 Å². The van der Waals surface area contributed by atoms with Crippen LogP contribution in [0, 0.1) is 0 Å². The number of carbonyl (C=O) groups excluding carboxylic acids is 1. The predicted octanol–water partition coefficient (Wildman–Crippen LogP) is 0.235. The number of nitrogens with zero attached hydrogens (tertiary/aromatic N) is 1. The highest BCUT2D eigenvalue weighted by atomic mass is 16.5. The molecule has 5 heteroatoms. The zero-order valence-corrected chi connectivity index (χ0v) is 10.8. The molecule has 0 aliphatic carbocycles. The number of carbonyl (C=O) groups is 1. The minimum atomic E-state index is -0.961. The van der Waals surface area contributed by atoms with Crippen LogP contribution in [0.4, 0.5) is 0 Å². The largest absolute Gasteiger partial charge is 0.465 e. The molecular formula is C11H24N2O3. The Morgan fingerprint density at radius 3 is 2.50 bits per heavy atom. The van der Waals surface area contributed by atoms with Crippen molar-refractivity contribution in [2.75, 3.05) is 40.0 Å². The summed E-state index contributed by atoms with van der Waals surface area (Å²) < 4.78 is 10.1. The molecule has 96 valence electrons. The molecule has 0 aliphatic rings. The zero-order valence-electron chi connectivity index (χ0n) is 10.8. The summed E-state index contributed by atoms with van der Waals surface area (Å²) in [5, 5.41) is 0. The van der Waals surface area contributed by atoms with Crippen LogP contribution in [0.5, 0.6) is 0 Å². The fraction of sp³-hybridized carbons (Fsp3) is 0.909. The van der Waals surface area contributed by atoms with E-state index < -0.39 is 5.54 Å². The zero-order chi connectivity index (χ0) is 12.6. The van der Waals surface area contributed by atoms with Crippen LogP contribution in [-0.2, 0) is 14.3 Å². The van der Waals surface area contributed by atoms with Gasteiger partial charge in [-0.25, -0.2) is 0 Å². The molecule has 0 saturated carbocycles. The van der Waals surface area contributed by atoms with E-state index in [4.69, 9.17) is 15.2 Å². The Morgan fingerprint density at radius 2 is 2.00 bits per heavy atom. The number of hydrogen-bond acceptors (Lipinski definition) is 5. The number of likely N-dealkylation sites (N-methyl/N-ethyl adjacent to an activating group) is 1. The van der Waals surface area contributed by atoms with Crippen LogP contribution in [-0.4, -0.2) is 56.4 Å². The summed E-state index contributed by atoms with van der Waals surface area (Å²) in [5.74, 6) is -0.363. The minimum Gasteiger partial charge on any atom is -0.465 e. The lowest BCUT2D eigenvalue weighted by molar-refractivity contribution is -0.149. The first-order valence-corrected chi connectivity index (χ1v) is 5.66. The van der Waals surface area contributed by atoms with Crippen LogP contribution in [0.15, 0.2) is 0 Å². The van der Waals surface area contributed by atoms with E-state index in [-0.39, 0.29) is 5.97 Å². The standard InChI is InChI=1S/C11H24N2O3/c1-5-15-8-7-13(4)9-11(3,12)10(14)16-6-2/h5-9,12H2,1-4H3. The van der Waals surface area contributed by atoms with Gasteiger partial charge in [-0.1, -0.05) is 0 Å². The number of hydrogen-bond donors (Lipinski definition) is 1. The smallest absolute Gasteiger partial charge is 0.327 e. The van der Waals surface area contributed by atoms with Gasteiger partial charge < -0.3 is 20.1 Å². The van der Waals surface area contributed by atoms with Gasteiger partial charge in [0.15, 0.2) is 0 Å². The van der Waals surface area contributed by atoms with Gasteiger partial charge in [0.25, 0.3) is 0 Å². The molecule has 0 spiro atoms. The fourth-order valence-corrected chi connectivity index (χ4v) is 1.37. The first-order valence-electron chi connectivity index (χ1n) is 5.66. The molecule has 1 unspecified atom stereocenters. The Morgan fingerprint density at radius 1 is 1.38 bits per heavy atom. The summed E-state index contributed by atoms with van der Waals surface area (Å²) in [6.45, 7) is 8.31. The molecule has 0 heterocycles. The van der Waals surface area contributed by atoms with E-state index >= 15 is 0 Å². The van der Waals surface area contributed by atoms with Gasteiger partial charge in [0.2, 0.25) is 0 Å². The van der Waals surface area contributed by atoms with Crippen molar-refractivity contribution in [3.63, 3.8) is 0 Å². The Bertz CT molecular complexity index is 207. The van der Waals surface area contributed by atoms with E-state index in [1.54, 1.807) is 13.8 Å². The molecule has 0 radical (unpaired) electrons. The number of esters is 1. The van der Waals surface area contributed by atoms with Crippen molar-refractivity contribution >= 4 is 5.97 Å². The molecule has 0 rings (SSSR count). The maximum absolute atomic E-state index is 11.5. The lowest BCUT2D eigenvalue weighted by atomic mass is 10.0. The SMILES string of the molecule is CCOCCN(C)CC(C)(N)C(=O)OCC. The highest BCUT2D eigenvalue weighted by Gasteiger charge is 2.31. The molecule has 0 aromatic rings. The lowest BCUT2D eigenvalue weighted by Gasteiger charge is -2.27. The van der Waals surface area contributed by atoms with Crippen LogP contribution in [0.25, 0.3) is 0 Å². The lowest BCUT2D eigenvalue weighted by Crippen LogP contribution is -2.54. The molecule has 0 aromatic carbocycles. The van der Waals surface area contributed by atoms with Gasteiger partial charge in [0.05, 0.1) is 13.2 Å². The summed E-state index contributed by atoms with van der Waals surface area (Å²) >= 11 is 0. The normalized spacial score (nSPS) is 14.9. The quantitative estimate of drug-likeness (QED) is 0.479. The maximum Gasteiger partial charge on any atom is 0.327 e. The van der Waals surface area contributed by atoms with Crippen LogP contribution in [0.3, 0.4) is 0 Å². The van der Waals surface area contributed by atoms with E-state index in [0.29, 0.717) is 26.4 Å². The van der Waals surface area contributed by atoms with Crippen LogP contribution < -0.4 is 5.73 Å². The van der Waals surface area contributed by atoms with Gasteiger partial charge in [0, 0.05) is 19.7 Å². The highest BCUT2D eigenvalue weighted by Crippen LogP contribution is 2.04. The van der Waals surface area contributed by atoms with Crippen LogP contribution in [0.1, 0.15) is 20.8 Å². The van der Waals surface area contributed by atoms with Crippen molar-refractivity contribution in [3.05, 3.63) is 0 Å². The number of nitrogens with two attached hydrogens (primary N) is 1. The van der Waals surface area contributed by atoms with Gasteiger partial charge in [-0.3, -0.25) is 4.79 Å². The van der Waals surface area contributed by atoms with Gasteiger partial charge in [-0.15, -0.1) is 0 Å². The van der Waals surface area contributed by atoms with Crippen molar-refractivity contribution in [1.29, 1.82) is 0 Å². The third-order valence-electron chi connectivity index (χ3n) is 2.16. The fourth-order valence-electron chi connectivity index (χ4n) is 1.37.